The second kappa shape index (κ2) is 11.1. The number of carbonyl (C=O) groups is 1. The molecule has 1 aromatic heterocycles. The van der Waals surface area contributed by atoms with Gasteiger partial charge >= 0.3 is 6.03 Å². The van der Waals surface area contributed by atoms with Crippen molar-refractivity contribution in [2.45, 2.75) is 13.0 Å². The molecule has 0 unspecified atom stereocenters. The first-order valence-electron chi connectivity index (χ1n) is 9.21. The van der Waals surface area contributed by atoms with Crippen LogP contribution in [0.3, 0.4) is 0 Å². The Morgan fingerprint density at radius 2 is 1.86 bits per heavy atom. The van der Waals surface area contributed by atoms with Gasteiger partial charge < -0.3 is 20.1 Å². The molecule has 146 valence electrons. The number of amides is 2. The number of para-hydroxylation sites is 1. The second-order valence-corrected chi connectivity index (χ2v) is 7.16. The molecule has 0 aliphatic carbocycles. The first-order chi connectivity index (χ1) is 13.8. The van der Waals surface area contributed by atoms with Crippen LogP contribution in [0.4, 0.5) is 10.5 Å². The molecule has 0 aliphatic rings. The van der Waals surface area contributed by atoms with Crippen molar-refractivity contribution in [3.63, 3.8) is 0 Å². The third-order valence-corrected chi connectivity index (χ3v) is 4.87. The van der Waals surface area contributed by atoms with Gasteiger partial charge in [0.25, 0.3) is 0 Å². The molecule has 0 radical (unpaired) electrons. The monoisotopic (exact) mass is 396 g/mol. The fourth-order valence-corrected chi connectivity index (χ4v) is 3.30. The molecule has 0 spiro atoms. The summed E-state index contributed by atoms with van der Waals surface area (Å²) in [4.78, 5) is 13.3. The van der Waals surface area contributed by atoms with E-state index in [9.17, 15) is 4.79 Å². The van der Waals surface area contributed by atoms with Gasteiger partial charge in [0.05, 0.1) is 13.2 Å². The number of thiophene rings is 1. The average molecular weight is 397 g/mol. The topological polar surface area (TPSA) is 59.6 Å². The molecule has 5 nitrogen and oxygen atoms in total. The van der Waals surface area contributed by atoms with Crippen molar-refractivity contribution >= 4 is 23.1 Å². The van der Waals surface area contributed by atoms with Crippen molar-refractivity contribution < 1.29 is 14.3 Å². The maximum Gasteiger partial charge on any atom is 0.319 e. The van der Waals surface area contributed by atoms with Crippen LogP contribution in [0.1, 0.15) is 10.4 Å². The molecule has 0 atom stereocenters. The zero-order valence-electron chi connectivity index (χ0n) is 15.6. The lowest BCUT2D eigenvalue weighted by Crippen LogP contribution is -2.30. The summed E-state index contributed by atoms with van der Waals surface area (Å²) in [7, 11) is 0. The van der Waals surface area contributed by atoms with Crippen LogP contribution >= 0.6 is 11.3 Å². The summed E-state index contributed by atoms with van der Waals surface area (Å²) >= 11 is 1.70. The van der Waals surface area contributed by atoms with Gasteiger partial charge in [-0.05, 0) is 47.7 Å². The third kappa shape index (κ3) is 7.06. The van der Waals surface area contributed by atoms with Gasteiger partial charge in [-0.1, -0.05) is 36.4 Å². The maximum atomic E-state index is 12.0. The van der Waals surface area contributed by atoms with Crippen LogP contribution in [0, 0.1) is 0 Å². The minimum absolute atomic E-state index is 0.203. The Hall–Kier alpha value is -2.83. The van der Waals surface area contributed by atoms with Crippen LogP contribution in [-0.4, -0.2) is 25.8 Å². The highest BCUT2D eigenvalue weighted by Crippen LogP contribution is 2.12. The van der Waals surface area contributed by atoms with E-state index in [0.29, 0.717) is 26.4 Å². The Morgan fingerprint density at radius 1 is 0.964 bits per heavy atom. The van der Waals surface area contributed by atoms with Gasteiger partial charge in [0, 0.05) is 17.1 Å². The van der Waals surface area contributed by atoms with E-state index in [-0.39, 0.29) is 6.03 Å². The summed E-state index contributed by atoms with van der Waals surface area (Å²) in [6.07, 6.45) is 0.837. The highest BCUT2D eigenvalue weighted by atomic mass is 32.1. The van der Waals surface area contributed by atoms with Gasteiger partial charge in [-0.25, -0.2) is 4.79 Å². The number of hydrogen-bond donors (Lipinski definition) is 2. The van der Waals surface area contributed by atoms with Crippen LogP contribution in [0.25, 0.3) is 0 Å². The zero-order valence-corrected chi connectivity index (χ0v) is 16.4. The SMILES string of the molecule is O=C(NCCc1cccs1)Nc1cccc(COCCOc2ccccc2)c1. The van der Waals surface area contributed by atoms with E-state index < -0.39 is 0 Å². The van der Waals surface area contributed by atoms with Crippen LogP contribution in [0.5, 0.6) is 5.75 Å². The fourth-order valence-electron chi connectivity index (χ4n) is 2.59. The smallest absolute Gasteiger partial charge is 0.319 e. The molecule has 3 rings (SSSR count). The number of carbonyl (C=O) groups excluding carboxylic acids is 1. The average Bonchev–Trinajstić information content (AvgIpc) is 3.22. The lowest BCUT2D eigenvalue weighted by atomic mass is 10.2. The molecule has 0 saturated carbocycles. The zero-order chi connectivity index (χ0) is 19.4. The predicted octanol–water partition coefficient (Wildman–Crippen LogP) is 4.71. The number of hydrogen-bond acceptors (Lipinski definition) is 4. The maximum absolute atomic E-state index is 12.0. The molecule has 2 N–H and O–H groups in total. The minimum atomic E-state index is -0.203. The molecular formula is C22H24N2O3S. The molecule has 0 saturated heterocycles. The van der Waals surface area contributed by atoms with Crippen molar-refractivity contribution in [3.05, 3.63) is 82.6 Å². The van der Waals surface area contributed by atoms with Crippen molar-refractivity contribution in [1.29, 1.82) is 0 Å². The quantitative estimate of drug-likeness (QED) is 0.488. The van der Waals surface area contributed by atoms with Gasteiger partial charge in [-0.2, -0.15) is 0 Å². The fraction of sp³-hybridized carbons (Fsp3) is 0.227. The largest absolute Gasteiger partial charge is 0.491 e. The Bertz CT molecular complexity index is 838. The second-order valence-electron chi connectivity index (χ2n) is 6.12. The first-order valence-corrected chi connectivity index (χ1v) is 10.1. The van der Waals surface area contributed by atoms with Gasteiger partial charge in [-0.15, -0.1) is 11.3 Å². The summed E-state index contributed by atoms with van der Waals surface area (Å²) in [5.74, 6) is 0.836. The summed E-state index contributed by atoms with van der Waals surface area (Å²) in [5, 5.41) is 7.77. The summed E-state index contributed by atoms with van der Waals surface area (Å²) < 4.78 is 11.3. The number of rotatable bonds is 10. The molecule has 3 aromatic rings. The molecule has 2 aromatic carbocycles. The highest BCUT2D eigenvalue weighted by molar-refractivity contribution is 7.09. The van der Waals surface area contributed by atoms with E-state index >= 15 is 0 Å². The summed E-state index contributed by atoms with van der Waals surface area (Å²) in [5.41, 5.74) is 1.74. The normalized spacial score (nSPS) is 10.4. The number of ether oxygens (including phenoxy) is 2. The van der Waals surface area contributed by atoms with E-state index in [4.69, 9.17) is 9.47 Å². The van der Waals surface area contributed by atoms with Crippen molar-refractivity contribution in [1.82, 2.24) is 5.32 Å². The van der Waals surface area contributed by atoms with E-state index in [0.717, 1.165) is 23.4 Å². The van der Waals surface area contributed by atoms with Crippen LogP contribution < -0.4 is 15.4 Å². The van der Waals surface area contributed by atoms with E-state index in [2.05, 4.69) is 16.7 Å². The lowest BCUT2D eigenvalue weighted by molar-refractivity contribution is 0.0889. The van der Waals surface area contributed by atoms with Crippen LogP contribution in [0.2, 0.25) is 0 Å². The van der Waals surface area contributed by atoms with E-state index in [1.165, 1.54) is 4.88 Å². The van der Waals surface area contributed by atoms with Crippen molar-refractivity contribution in [3.8, 4) is 5.75 Å². The molecule has 0 aliphatic heterocycles. The Kier molecular flexibility index (Phi) is 7.91. The van der Waals surface area contributed by atoms with Gasteiger partial charge in [0.15, 0.2) is 0 Å². The molecule has 1 heterocycles. The number of urea groups is 1. The van der Waals surface area contributed by atoms with E-state index in [1.54, 1.807) is 11.3 Å². The molecule has 2 amide bonds. The molecular weight excluding hydrogens is 372 g/mol. The van der Waals surface area contributed by atoms with Crippen LogP contribution in [-0.2, 0) is 17.8 Å². The van der Waals surface area contributed by atoms with Crippen molar-refractivity contribution in [2.24, 2.45) is 0 Å². The standard InChI is InChI=1S/C22H24N2O3S/c25-22(23-12-11-21-10-5-15-28-21)24-19-7-4-6-18(16-19)17-26-13-14-27-20-8-2-1-3-9-20/h1-10,15-16H,11-14,17H2,(H2,23,24,25). The van der Waals surface area contributed by atoms with Gasteiger partial charge in [0.2, 0.25) is 0 Å². The van der Waals surface area contributed by atoms with Crippen LogP contribution in [0.15, 0.2) is 72.1 Å². The Morgan fingerprint density at radius 3 is 2.68 bits per heavy atom. The molecule has 0 fully saturated rings. The number of benzene rings is 2. The number of nitrogens with one attached hydrogen (secondary N) is 2. The Balaban J connectivity index is 1.34. The summed E-state index contributed by atoms with van der Waals surface area (Å²) in [6, 6.07) is 21.2. The molecule has 0 bridgehead atoms. The van der Waals surface area contributed by atoms with Gasteiger partial charge in [0.1, 0.15) is 12.4 Å². The summed E-state index contributed by atoms with van der Waals surface area (Å²) in [6.45, 7) is 2.06. The minimum Gasteiger partial charge on any atom is -0.491 e. The first kappa shape index (κ1) is 19.9. The Labute approximate surface area is 169 Å². The van der Waals surface area contributed by atoms with Gasteiger partial charge in [-0.3, -0.25) is 0 Å². The predicted molar refractivity (Wildman–Crippen MR) is 113 cm³/mol. The molecule has 28 heavy (non-hydrogen) atoms. The van der Waals surface area contributed by atoms with E-state index in [1.807, 2.05) is 66.0 Å². The van der Waals surface area contributed by atoms with Crippen molar-refractivity contribution in [2.75, 3.05) is 25.1 Å². The molecule has 6 heteroatoms. The number of anilines is 1. The third-order valence-electron chi connectivity index (χ3n) is 3.93. The lowest BCUT2D eigenvalue weighted by Gasteiger charge is -2.10. The highest BCUT2D eigenvalue weighted by Gasteiger charge is 2.03.